The van der Waals surface area contributed by atoms with E-state index in [0.29, 0.717) is 23.5 Å². The predicted molar refractivity (Wildman–Crippen MR) is 155 cm³/mol. The molecule has 0 aromatic rings. The molecule has 10 heteroatoms. The van der Waals surface area contributed by atoms with Crippen LogP contribution in [0.15, 0.2) is 16.3 Å². The van der Waals surface area contributed by atoms with Crippen LogP contribution in [0.25, 0.3) is 0 Å². The number of amides is 2. The van der Waals surface area contributed by atoms with Crippen molar-refractivity contribution in [2.45, 2.75) is 86.9 Å². The van der Waals surface area contributed by atoms with Crippen LogP contribution < -0.4 is 5.32 Å². The molecule has 5 rings (SSSR count). The molecule has 1 N–H and O–H groups in total. The van der Waals surface area contributed by atoms with E-state index in [2.05, 4.69) is 37.1 Å². The number of dihydropyridines is 1. The van der Waals surface area contributed by atoms with Gasteiger partial charge in [0.05, 0.1) is 23.8 Å². The first-order valence-corrected chi connectivity index (χ1v) is 16.0. The fourth-order valence-corrected chi connectivity index (χ4v) is 7.59. The minimum absolute atomic E-state index is 0.0112. The van der Waals surface area contributed by atoms with Crippen molar-refractivity contribution in [1.29, 1.82) is 5.26 Å². The Balaban J connectivity index is 1.15. The Hall–Kier alpha value is -1.67. The lowest BCUT2D eigenvalue weighted by molar-refractivity contribution is -0.0918. The van der Waals surface area contributed by atoms with Crippen molar-refractivity contribution in [1.82, 2.24) is 20.0 Å². The number of allylic oxidation sites excluding steroid dienone is 1. The Morgan fingerprint density at radius 1 is 1.10 bits per heavy atom. The number of nitrogens with zero attached hydrogens (tertiary/aromatic N) is 5. The van der Waals surface area contributed by atoms with Gasteiger partial charge in [-0.1, -0.05) is 15.9 Å². The highest BCUT2D eigenvalue weighted by atomic mass is 79.9. The van der Waals surface area contributed by atoms with Gasteiger partial charge >= 0.3 is 6.03 Å². The van der Waals surface area contributed by atoms with E-state index < -0.39 is 0 Å². The van der Waals surface area contributed by atoms with Gasteiger partial charge in [-0.05, 0) is 70.9 Å². The normalized spacial score (nSPS) is 33.7. The number of aliphatic imine (C=N–C) groups is 1. The summed E-state index contributed by atoms with van der Waals surface area (Å²) in [5.41, 5.74) is 1.74. The lowest BCUT2D eigenvalue weighted by atomic mass is 9.76. The van der Waals surface area contributed by atoms with Crippen LogP contribution in [0.3, 0.4) is 0 Å². The van der Waals surface area contributed by atoms with Crippen molar-refractivity contribution < 1.29 is 14.3 Å². The van der Waals surface area contributed by atoms with E-state index in [9.17, 15) is 10.1 Å². The summed E-state index contributed by atoms with van der Waals surface area (Å²) < 4.78 is 12.3. The van der Waals surface area contributed by atoms with E-state index in [4.69, 9.17) is 14.5 Å². The number of urea groups is 1. The second kappa shape index (κ2) is 13.8. The average molecular weight is 606 g/mol. The predicted octanol–water partition coefficient (Wildman–Crippen LogP) is 3.55. The third kappa shape index (κ3) is 7.16. The molecule has 2 amide bonds. The van der Waals surface area contributed by atoms with E-state index in [1.54, 1.807) is 13.3 Å². The first-order valence-electron chi connectivity index (χ1n) is 15.0. The van der Waals surface area contributed by atoms with E-state index in [0.717, 1.165) is 76.9 Å². The van der Waals surface area contributed by atoms with Gasteiger partial charge in [0.1, 0.15) is 6.07 Å². The molecule has 0 radical (unpaired) electrons. The fraction of sp³-hybridized carbons (Fsp3) is 0.828. The summed E-state index contributed by atoms with van der Waals surface area (Å²) in [6.45, 7) is 7.07. The minimum Gasteiger partial charge on any atom is -0.379 e. The van der Waals surface area contributed by atoms with E-state index in [1.165, 1.54) is 25.9 Å². The van der Waals surface area contributed by atoms with Gasteiger partial charge < -0.3 is 29.5 Å². The number of piperazine rings is 1. The van der Waals surface area contributed by atoms with Crippen molar-refractivity contribution in [3.05, 3.63) is 11.3 Å². The summed E-state index contributed by atoms with van der Waals surface area (Å²) in [5, 5.41) is 13.2. The smallest absolute Gasteiger partial charge is 0.317 e. The summed E-state index contributed by atoms with van der Waals surface area (Å²) in [7, 11) is 1.77. The van der Waals surface area contributed by atoms with E-state index >= 15 is 0 Å². The first-order chi connectivity index (χ1) is 19.1. The highest BCUT2D eigenvalue weighted by molar-refractivity contribution is 9.09. The second-order valence-corrected chi connectivity index (χ2v) is 13.1. The van der Waals surface area contributed by atoms with Crippen LogP contribution in [0, 0.1) is 17.2 Å². The standard InChI is InChI=1S/C29H45BrN6O3/c1-38-26-17-24-25(18-27(26)39-16-4-11-34-9-2-3-10-34)32-20-21(19-31)28(24)35-12-14-36(15-13-35)29(37)33-23-7-5-22(30)6-8-23/h20,22-27H,2-18H2,1H3,(H,33,37). The summed E-state index contributed by atoms with van der Waals surface area (Å²) in [6.07, 6.45) is 11.4. The van der Waals surface area contributed by atoms with Gasteiger partial charge in [-0.3, -0.25) is 4.99 Å². The van der Waals surface area contributed by atoms with Gasteiger partial charge in [0.15, 0.2) is 0 Å². The summed E-state index contributed by atoms with van der Waals surface area (Å²) >= 11 is 3.69. The third-order valence-electron chi connectivity index (χ3n) is 9.33. The molecule has 4 unspecified atom stereocenters. The first kappa shape index (κ1) is 28.8. The number of carbonyl (C=O) groups excluding carboxylic acids is 1. The van der Waals surface area contributed by atoms with Gasteiger partial charge in [-0.25, -0.2) is 4.79 Å². The van der Waals surface area contributed by atoms with Gasteiger partial charge in [0, 0.05) is 75.1 Å². The van der Waals surface area contributed by atoms with Crippen LogP contribution in [0.5, 0.6) is 0 Å². The Kier molecular flexibility index (Phi) is 10.2. The van der Waals surface area contributed by atoms with Crippen molar-refractivity contribution in [2.75, 3.05) is 59.5 Å². The molecule has 0 aromatic carbocycles. The largest absolute Gasteiger partial charge is 0.379 e. The lowest BCUT2D eigenvalue weighted by Gasteiger charge is -2.46. The van der Waals surface area contributed by atoms with Crippen molar-refractivity contribution >= 4 is 28.2 Å². The number of fused-ring (bicyclic) bond motifs is 1. The molecule has 0 spiro atoms. The van der Waals surface area contributed by atoms with Crippen molar-refractivity contribution in [2.24, 2.45) is 10.9 Å². The molecule has 3 heterocycles. The highest BCUT2D eigenvalue weighted by Gasteiger charge is 2.43. The number of nitriles is 1. The zero-order chi connectivity index (χ0) is 27.2. The number of hydrogen-bond acceptors (Lipinski definition) is 7. The van der Waals surface area contributed by atoms with Gasteiger partial charge in [0.2, 0.25) is 0 Å². The van der Waals surface area contributed by atoms with Crippen LogP contribution in [0.4, 0.5) is 4.79 Å². The molecule has 3 aliphatic heterocycles. The summed E-state index contributed by atoms with van der Waals surface area (Å²) in [4.78, 5) is 25.1. The molecule has 2 saturated carbocycles. The maximum Gasteiger partial charge on any atom is 0.317 e. The molecule has 2 aliphatic carbocycles. The second-order valence-electron chi connectivity index (χ2n) is 11.8. The van der Waals surface area contributed by atoms with Crippen molar-refractivity contribution in [3.63, 3.8) is 0 Å². The van der Waals surface area contributed by atoms with Crippen LogP contribution in [0.1, 0.15) is 57.8 Å². The molecule has 2 saturated heterocycles. The van der Waals surface area contributed by atoms with Gasteiger partial charge in [-0.2, -0.15) is 5.26 Å². The molecule has 0 bridgehead atoms. The van der Waals surface area contributed by atoms with Gasteiger partial charge in [-0.15, -0.1) is 0 Å². The number of alkyl halides is 1. The number of rotatable bonds is 8. The van der Waals surface area contributed by atoms with Crippen LogP contribution in [-0.4, -0.2) is 116 Å². The molecular weight excluding hydrogens is 560 g/mol. The topological polar surface area (TPSA) is 93.4 Å². The quantitative estimate of drug-likeness (QED) is 0.336. The molecule has 0 aromatic heterocycles. The Morgan fingerprint density at radius 3 is 2.54 bits per heavy atom. The minimum atomic E-state index is -0.0112. The molecular formula is C29H45BrN6O3. The molecule has 4 fully saturated rings. The number of halogens is 1. The molecule has 5 aliphatic rings. The number of carbonyl (C=O) groups is 1. The average Bonchev–Trinajstić information content (AvgIpc) is 3.49. The molecule has 9 nitrogen and oxygen atoms in total. The fourth-order valence-electron chi connectivity index (χ4n) is 7.06. The lowest BCUT2D eigenvalue weighted by Crippen LogP contribution is -2.55. The molecule has 216 valence electrons. The van der Waals surface area contributed by atoms with E-state index in [1.807, 2.05) is 4.90 Å². The molecule has 39 heavy (non-hydrogen) atoms. The maximum absolute atomic E-state index is 12.9. The number of nitrogens with one attached hydrogen (secondary N) is 1. The van der Waals surface area contributed by atoms with E-state index in [-0.39, 0.29) is 36.2 Å². The Labute approximate surface area is 242 Å². The third-order valence-corrected chi connectivity index (χ3v) is 10.2. The number of ether oxygens (including phenoxy) is 2. The van der Waals surface area contributed by atoms with Crippen LogP contribution in [0.2, 0.25) is 0 Å². The number of hydrogen-bond donors (Lipinski definition) is 1. The van der Waals surface area contributed by atoms with Crippen molar-refractivity contribution in [3.8, 4) is 6.07 Å². The maximum atomic E-state index is 12.9. The number of likely N-dealkylation sites (tertiary alicyclic amines) is 1. The monoisotopic (exact) mass is 604 g/mol. The van der Waals surface area contributed by atoms with Crippen LogP contribution >= 0.6 is 15.9 Å². The molecule has 4 atom stereocenters. The Morgan fingerprint density at radius 2 is 1.85 bits per heavy atom. The summed E-state index contributed by atoms with van der Waals surface area (Å²) in [6, 6.07) is 2.82. The van der Waals surface area contributed by atoms with Crippen LogP contribution in [-0.2, 0) is 9.47 Å². The zero-order valence-corrected chi connectivity index (χ0v) is 25.0. The number of methoxy groups -OCH3 is 1. The Bertz CT molecular complexity index is 932. The highest BCUT2D eigenvalue weighted by Crippen LogP contribution is 2.40. The SMILES string of the molecule is COC1CC2C(N3CCN(C(=O)NC4CCC(Br)CC4)CC3)=C(C#N)C=NC2CC1OCCCN1CCCC1. The summed E-state index contributed by atoms with van der Waals surface area (Å²) in [5.74, 6) is 0.138. The van der Waals surface area contributed by atoms with Gasteiger partial charge in [0.25, 0.3) is 0 Å². The zero-order valence-electron chi connectivity index (χ0n) is 23.4.